The quantitative estimate of drug-likeness (QED) is 0.862. The summed E-state index contributed by atoms with van der Waals surface area (Å²) in [7, 11) is 2.26. The van der Waals surface area contributed by atoms with Gasteiger partial charge in [-0.25, -0.2) is 0 Å². The third-order valence-electron chi connectivity index (χ3n) is 4.51. The number of carbonyl (C=O) groups excluding carboxylic acids is 1. The third-order valence-corrected chi connectivity index (χ3v) is 6.26. The van der Waals surface area contributed by atoms with Gasteiger partial charge in [0.2, 0.25) is 6.41 Å². The molecule has 1 amide bonds. The number of thioether (sulfide) groups is 1. The number of hydrogen-bond donors (Lipinski definition) is 1. The van der Waals surface area contributed by atoms with Crippen LogP contribution in [0.3, 0.4) is 0 Å². The molecule has 0 aromatic heterocycles. The number of benzene rings is 1. The van der Waals surface area contributed by atoms with Crippen LogP contribution in [0.4, 0.5) is 5.69 Å². The predicted molar refractivity (Wildman–Crippen MR) is 84.6 cm³/mol. The van der Waals surface area contributed by atoms with E-state index in [0.717, 1.165) is 27.7 Å². The molecule has 108 valence electrons. The minimum atomic E-state index is 0.658. The molecule has 1 aromatic rings. The lowest BCUT2D eigenvalue weighted by Gasteiger charge is -2.36. The number of halogens is 1. The number of carbonyl (C=O) groups is 1. The Kier molecular flexibility index (Phi) is 4.24. The highest BCUT2D eigenvalue weighted by molar-refractivity contribution is 8.00. The molecule has 1 N–H and O–H groups in total. The molecule has 0 saturated carbocycles. The van der Waals surface area contributed by atoms with E-state index in [1.54, 1.807) is 0 Å². The Hall–Kier alpha value is -0.710. The lowest BCUT2D eigenvalue weighted by atomic mass is 10.0. The van der Waals surface area contributed by atoms with Crippen molar-refractivity contribution in [3.05, 3.63) is 23.2 Å². The van der Waals surface area contributed by atoms with Crippen LogP contribution in [-0.2, 0) is 4.79 Å². The first-order valence-corrected chi connectivity index (χ1v) is 8.31. The summed E-state index contributed by atoms with van der Waals surface area (Å²) < 4.78 is 0. The Morgan fingerprint density at radius 1 is 1.35 bits per heavy atom. The third kappa shape index (κ3) is 2.83. The Bertz CT molecular complexity index is 497. The summed E-state index contributed by atoms with van der Waals surface area (Å²) in [6, 6.07) is 7.25. The lowest BCUT2D eigenvalue weighted by molar-refractivity contribution is -0.105. The van der Waals surface area contributed by atoms with E-state index in [1.165, 1.54) is 25.7 Å². The summed E-state index contributed by atoms with van der Waals surface area (Å²) in [5, 5.41) is 4.02. The largest absolute Gasteiger partial charge is 0.329 e. The van der Waals surface area contributed by atoms with Crippen molar-refractivity contribution in [1.29, 1.82) is 0 Å². The minimum absolute atomic E-state index is 0.658. The van der Waals surface area contributed by atoms with Gasteiger partial charge in [0.15, 0.2) is 0 Å². The number of nitrogens with one attached hydrogen (secondary N) is 1. The molecule has 5 heteroatoms. The standard InChI is InChI=1S/C15H19ClN2OS/c1-18-11-3-4-12(18)8-13(7-11)20-15-5-2-10(17-9-19)6-14(15)16/h2,5-6,9,11-13H,3-4,7-8H2,1H3,(H,17,19). The van der Waals surface area contributed by atoms with Gasteiger partial charge in [-0.3, -0.25) is 4.79 Å². The van der Waals surface area contributed by atoms with Gasteiger partial charge in [0, 0.05) is 27.9 Å². The van der Waals surface area contributed by atoms with Crippen LogP contribution in [0, 0.1) is 0 Å². The monoisotopic (exact) mass is 310 g/mol. The molecule has 2 fully saturated rings. The highest BCUT2D eigenvalue weighted by Gasteiger charge is 2.38. The summed E-state index contributed by atoms with van der Waals surface area (Å²) in [6.45, 7) is 0. The number of nitrogens with zero attached hydrogens (tertiary/aromatic N) is 1. The molecule has 2 unspecified atom stereocenters. The van der Waals surface area contributed by atoms with Crippen LogP contribution in [0.5, 0.6) is 0 Å². The number of fused-ring (bicyclic) bond motifs is 2. The molecule has 2 aliphatic heterocycles. The first-order chi connectivity index (χ1) is 9.67. The zero-order valence-electron chi connectivity index (χ0n) is 11.5. The Labute approximate surface area is 129 Å². The maximum absolute atomic E-state index is 10.4. The number of amides is 1. The van der Waals surface area contributed by atoms with E-state index in [1.807, 2.05) is 30.0 Å². The Morgan fingerprint density at radius 3 is 2.65 bits per heavy atom. The molecule has 3 nitrogen and oxygen atoms in total. The second kappa shape index (κ2) is 5.96. The summed E-state index contributed by atoms with van der Waals surface area (Å²) in [5.41, 5.74) is 0.748. The molecule has 2 heterocycles. The minimum Gasteiger partial charge on any atom is -0.329 e. The fourth-order valence-corrected chi connectivity index (χ4v) is 5.02. The van der Waals surface area contributed by atoms with Gasteiger partial charge in [-0.15, -0.1) is 11.8 Å². The van der Waals surface area contributed by atoms with Crippen molar-refractivity contribution in [3.8, 4) is 0 Å². The molecular formula is C15H19ClN2OS. The lowest BCUT2D eigenvalue weighted by Crippen LogP contribution is -2.40. The fourth-order valence-electron chi connectivity index (χ4n) is 3.39. The van der Waals surface area contributed by atoms with Crippen molar-refractivity contribution in [1.82, 2.24) is 4.90 Å². The van der Waals surface area contributed by atoms with Gasteiger partial charge < -0.3 is 10.2 Å². The van der Waals surface area contributed by atoms with Gasteiger partial charge in [-0.1, -0.05) is 11.6 Å². The van der Waals surface area contributed by atoms with Crippen LogP contribution in [0.1, 0.15) is 25.7 Å². The fraction of sp³-hybridized carbons (Fsp3) is 0.533. The van der Waals surface area contributed by atoms with Gasteiger partial charge in [0.05, 0.1) is 5.02 Å². The van der Waals surface area contributed by atoms with E-state index in [0.29, 0.717) is 11.7 Å². The summed E-state index contributed by atoms with van der Waals surface area (Å²) in [6.07, 6.45) is 5.86. The van der Waals surface area contributed by atoms with Crippen molar-refractivity contribution in [2.75, 3.05) is 12.4 Å². The number of piperidine rings is 1. The van der Waals surface area contributed by atoms with Gasteiger partial charge in [-0.2, -0.15) is 0 Å². The number of hydrogen-bond acceptors (Lipinski definition) is 3. The maximum atomic E-state index is 10.4. The van der Waals surface area contributed by atoms with E-state index < -0.39 is 0 Å². The molecule has 20 heavy (non-hydrogen) atoms. The Morgan fingerprint density at radius 2 is 2.05 bits per heavy atom. The molecule has 0 radical (unpaired) electrons. The van der Waals surface area contributed by atoms with E-state index in [2.05, 4.69) is 17.3 Å². The van der Waals surface area contributed by atoms with Crippen LogP contribution >= 0.6 is 23.4 Å². The molecule has 0 aliphatic carbocycles. The highest BCUT2D eigenvalue weighted by Crippen LogP contribution is 2.43. The van der Waals surface area contributed by atoms with Crippen molar-refractivity contribution < 1.29 is 4.79 Å². The van der Waals surface area contributed by atoms with Gasteiger partial charge >= 0.3 is 0 Å². The van der Waals surface area contributed by atoms with Gasteiger partial charge in [-0.05, 0) is 50.9 Å². The van der Waals surface area contributed by atoms with E-state index in [9.17, 15) is 4.79 Å². The second-order valence-electron chi connectivity index (χ2n) is 5.67. The zero-order chi connectivity index (χ0) is 14.1. The smallest absolute Gasteiger partial charge is 0.211 e. The predicted octanol–water partition coefficient (Wildman–Crippen LogP) is 3.63. The highest BCUT2D eigenvalue weighted by atomic mass is 35.5. The average Bonchev–Trinajstić information content (AvgIpc) is 2.64. The van der Waals surface area contributed by atoms with Crippen LogP contribution in [0.25, 0.3) is 0 Å². The molecule has 2 atom stereocenters. The topological polar surface area (TPSA) is 32.3 Å². The second-order valence-corrected chi connectivity index (χ2v) is 7.42. The number of anilines is 1. The van der Waals surface area contributed by atoms with E-state index >= 15 is 0 Å². The number of rotatable bonds is 4. The van der Waals surface area contributed by atoms with Crippen LogP contribution < -0.4 is 5.32 Å². The van der Waals surface area contributed by atoms with E-state index in [-0.39, 0.29) is 0 Å². The first-order valence-electron chi connectivity index (χ1n) is 7.05. The molecule has 2 bridgehead atoms. The molecular weight excluding hydrogens is 292 g/mol. The molecule has 2 saturated heterocycles. The molecule has 3 rings (SSSR count). The van der Waals surface area contributed by atoms with Crippen molar-refractivity contribution in [2.45, 2.75) is 47.9 Å². The van der Waals surface area contributed by atoms with Gasteiger partial charge in [0.25, 0.3) is 0 Å². The van der Waals surface area contributed by atoms with E-state index in [4.69, 9.17) is 11.6 Å². The van der Waals surface area contributed by atoms with Gasteiger partial charge in [0.1, 0.15) is 0 Å². The average molecular weight is 311 g/mol. The van der Waals surface area contributed by atoms with Crippen LogP contribution in [0.15, 0.2) is 23.1 Å². The SMILES string of the molecule is CN1C2CCC1CC(Sc1ccc(NC=O)cc1Cl)C2. The van der Waals surface area contributed by atoms with Crippen LogP contribution in [-0.4, -0.2) is 35.7 Å². The van der Waals surface area contributed by atoms with Crippen molar-refractivity contribution in [3.63, 3.8) is 0 Å². The zero-order valence-corrected chi connectivity index (χ0v) is 13.1. The molecule has 1 aromatic carbocycles. The van der Waals surface area contributed by atoms with Crippen molar-refractivity contribution >= 4 is 35.5 Å². The first kappa shape index (κ1) is 14.2. The Balaban J connectivity index is 1.68. The summed E-state index contributed by atoms with van der Waals surface area (Å²) >= 11 is 8.21. The molecule has 0 spiro atoms. The maximum Gasteiger partial charge on any atom is 0.211 e. The summed E-state index contributed by atoms with van der Waals surface area (Å²) in [5.74, 6) is 0. The molecule has 2 aliphatic rings. The normalized spacial score (nSPS) is 29.4. The van der Waals surface area contributed by atoms with Crippen LogP contribution in [0.2, 0.25) is 5.02 Å². The van der Waals surface area contributed by atoms with Crippen molar-refractivity contribution in [2.24, 2.45) is 0 Å². The summed E-state index contributed by atoms with van der Waals surface area (Å²) in [4.78, 5) is 14.1.